The van der Waals surface area contributed by atoms with Gasteiger partial charge in [-0.2, -0.15) is 0 Å². The van der Waals surface area contributed by atoms with E-state index in [2.05, 4.69) is 0 Å². The number of carbonyl (C=O) groups excluding carboxylic acids is 1. The maximum absolute atomic E-state index is 12.9. The van der Waals surface area contributed by atoms with Gasteiger partial charge in [0.25, 0.3) is 0 Å². The highest BCUT2D eigenvalue weighted by Crippen LogP contribution is 2.26. The average molecular weight is 338 g/mol. The van der Waals surface area contributed by atoms with Crippen molar-refractivity contribution in [3.05, 3.63) is 30.3 Å². The van der Waals surface area contributed by atoms with Gasteiger partial charge in [0.15, 0.2) is 0 Å². The van der Waals surface area contributed by atoms with E-state index in [0.29, 0.717) is 25.9 Å². The Morgan fingerprint density at radius 1 is 1.22 bits per heavy atom. The third-order valence-corrected chi connectivity index (χ3v) is 6.23. The molecule has 1 saturated heterocycles. The molecule has 1 amide bonds. The third-order valence-electron chi connectivity index (χ3n) is 4.35. The summed E-state index contributed by atoms with van der Waals surface area (Å²) in [6.07, 6.45) is 1.18. The molecule has 0 unspecified atom stereocenters. The second kappa shape index (κ2) is 7.45. The van der Waals surface area contributed by atoms with E-state index in [1.807, 2.05) is 49.1 Å². The molecule has 0 radical (unpaired) electrons. The van der Waals surface area contributed by atoms with Crippen LogP contribution in [0.25, 0.3) is 0 Å². The van der Waals surface area contributed by atoms with E-state index in [0.717, 1.165) is 5.69 Å². The predicted octanol–water partition coefficient (Wildman–Crippen LogP) is 2.49. The van der Waals surface area contributed by atoms with Crippen molar-refractivity contribution >= 4 is 21.6 Å². The zero-order valence-electron chi connectivity index (χ0n) is 14.1. The van der Waals surface area contributed by atoms with Gasteiger partial charge in [0.05, 0.1) is 5.75 Å². The van der Waals surface area contributed by atoms with Crippen LogP contribution in [-0.2, 0) is 14.8 Å². The molecule has 0 saturated carbocycles. The van der Waals surface area contributed by atoms with Crippen molar-refractivity contribution in [1.82, 2.24) is 4.31 Å². The van der Waals surface area contributed by atoms with E-state index in [4.69, 9.17) is 0 Å². The van der Waals surface area contributed by atoms with Crippen LogP contribution in [0.4, 0.5) is 5.69 Å². The lowest BCUT2D eigenvalue weighted by Crippen LogP contribution is -2.46. The molecule has 1 aromatic rings. The minimum atomic E-state index is -3.15. The number of para-hydroxylation sites is 1. The van der Waals surface area contributed by atoms with Gasteiger partial charge in [-0.3, -0.25) is 4.79 Å². The average Bonchev–Trinajstić information content (AvgIpc) is 2.55. The summed E-state index contributed by atoms with van der Waals surface area (Å²) in [5, 5.41) is 0. The highest BCUT2D eigenvalue weighted by atomic mass is 32.2. The van der Waals surface area contributed by atoms with E-state index in [9.17, 15) is 13.2 Å². The number of amides is 1. The number of benzene rings is 1. The third kappa shape index (κ3) is 4.12. The number of anilines is 1. The van der Waals surface area contributed by atoms with Crippen molar-refractivity contribution in [2.24, 2.45) is 5.92 Å². The highest BCUT2D eigenvalue weighted by molar-refractivity contribution is 7.89. The Kier molecular flexibility index (Phi) is 5.81. The Morgan fingerprint density at radius 3 is 2.26 bits per heavy atom. The van der Waals surface area contributed by atoms with Crippen LogP contribution < -0.4 is 4.90 Å². The zero-order valence-corrected chi connectivity index (χ0v) is 14.9. The molecule has 23 heavy (non-hydrogen) atoms. The number of sulfonamides is 1. The van der Waals surface area contributed by atoms with Gasteiger partial charge in [0, 0.05) is 30.7 Å². The first-order valence-corrected chi connectivity index (χ1v) is 9.83. The van der Waals surface area contributed by atoms with Gasteiger partial charge in [-0.1, -0.05) is 18.2 Å². The molecule has 0 atom stereocenters. The van der Waals surface area contributed by atoms with E-state index in [-0.39, 0.29) is 23.6 Å². The first-order chi connectivity index (χ1) is 10.9. The molecule has 0 aromatic heterocycles. The Morgan fingerprint density at radius 2 is 1.78 bits per heavy atom. The Labute approximate surface area is 139 Å². The van der Waals surface area contributed by atoms with Gasteiger partial charge >= 0.3 is 0 Å². The number of rotatable bonds is 5. The SMILES string of the molecule is CCS(=O)(=O)N1CCC(C(=O)N(c2ccccc2)C(C)C)CC1. The summed E-state index contributed by atoms with van der Waals surface area (Å²) in [5.41, 5.74) is 0.899. The second-order valence-corrected chi connectivity index (χ2v) is 8.47. The summed E-state index contributed by atoms with van der Waals surface area (Å²) in [6, 6.07) is 9.73. The van der Waals surface area contributed by atoms with Gasteiger partial charge in [-0.25, -0.2) is 12.7 Å². The zero-order chi connectivity index (χ0) is 17.0. The molecule has 1 aliphatic heterocycles. The second-order valence-electron chi connectivity index (χ2n) is 6.21. The van der Waals surface area contributed by atoms with Crippen molar-refractivity contribution in [3.63, 3.8) is 0 Å². The number of nitrogens with zero attached hydrogens (tertiary/aromatic N) is 2. The topological polar surface area (TPSA) is 57.7 Å². The molecule has 1 heterocycles. The van der Waals surface area contributed by atoms with Gasteiger partial charge in [-0.05, 0) is 45.7 Å². The first-order valence-electron chi connectivity index (χ1n) is 8.22. The number of hydrogen-bond acceptors (Lipinski definition) is 3. The fourth-order valence-corrected chi connectivity index (χ4v) is 4.16. The number of hydrogen-bond donors (Lipinski definition) is 0. The maximum Gasteiger partial charge on any atom is 0.230 e. The lowest BCUT2D eigenvalue weighted by molar-refractivity contribution is -0.123. The van der Waals surface area contributed by atoms with Gasteiger partial charge < -0.3 is 4.90 Å². The summed E-state index contributed by atoms with van der Waals surface area (Å²) in [4.78, 5) is 14.8. The van der Waals surface area contributed by atoms with Crippen LogP contribution >= 0.6 is 0 Å². The minimum absolute atomic E-state index is 0.0716. The standard InChI is InChI=1S/C17H26N2O3S/c1-4-23(21,22)18-12-10-15(11-13-18)17(20)19(14(2)3)16-8-6-5-7-9-16/h5-9,14-15H,4,10-13H2,1-3H3. The highest BCUT2D eigenvalue weighted by Gasteiger charge is 2.33. The molecule has 1 aliphatic rings. The molecule has 0 bridgehead atoms. The normalized spacial score (nSPS) is 17.4. The molecular weight excluding hydrogens is 312 g/mol. The van der Waals surface area contributed by atoms with E-state index < -0.39 is 10.0 Å². The fourth-order valence-electron chi connectivity index (χ4n) is 3.03. The number of piperidine rings is 1. The molecule has 1 aromatic carbocycles. The van der Waals surface area contributed by atoms with Crippen LogP contribution in [0.15, 0.2) is 30.3 Å². The quantitative estimate of drug-likeness (QED) is 0.829. The molecule has 6 heteroatoms. The smallest absolute Gasteiger partial charge is 0.230 e. The Bertz CT molecular complexity index is 620. The van der Waals surface area contributed by atoms with Crippen LogP contribution in [0.2, 0.25) is 0 Å². The molecule has 2 rings (SSSR count). The Balaban J connectivity index is 2.09. The first kappa shape index (κ1) is 17.9. The fraction of sp³-hybridized carbons (Fsp3) is 0.588. The minimum Gasteiger partial charge on any atom is -0.310 e. The van der Waals surface area contributed by atoms with Crippen molar-refractivity contribution in [2.45, 2.75) is 39.7 Å². The van der Waals surface area contributed by atoms with Gasteiger partial charge in [-0.15, -0.1) is 0 Å². The maximum atomic E-state index is 12.9. The molecule has 0 aliphatic carbocycles. The lowest BCUT2D eigenvalue weighted by atomic mass is 9.95. The molecule has 5 nitrogen and oxygen atoms in total. The molecular formula is C17H26N2O3S. The summed E-state index contributed by atoms with van der Waals surface area (Å²) in [7, 11) is -3.15. The van der Waals surface area contributed by atoms with Crippen molar-refractivity contribution in [2.75, 3.05) is 23.7 Å². The van der Waals surface area contributed by atoms with Crippen molar-refractivity contribution in [3.8, 4) is 0 Å². The van der Waals surface area contributed by atoms with Crippen LogP contribution in [0, 0.1) is 5.92 Å². The van der Waals surface area contributed by atoms with Crippen molar-refractivity contribution in [1.29, 1.82) is 0 Å². The van der Waals surface area contributed by atoms with Crippen LogP contribution in [-0.4, -0.2) is 43.5 Å². The largest absolute Gasteiger partial charge is 0.310 e. The van der Waals surface area contributed by atoms with Crippen molar-refractivity contribution < 1.29 is 13.2 Å². The van der Waals surface area contributed by atoms with E-state index >= 15 is 0 Å². The lowest BCUT2D eigenvalue weighted by Gasteiger charge is -2.35. The van der Waals surface area contributed by atoms with E-state index in [1.54, 1.807) is 6.92 Å². The Hall–Kier alpha value is -1.40. The summed E-state index contributed by atoms with van der Waals surface area (Å²) in [5.74, 6) is 0.106. The van der Waals surface area contributed by atoms with Crippen LogP contribution in [0.1, 0.15) is 33.6 Å². The van der Waals surface area contributed by atoms with Crippen LogP contribution in [0.5, 0.6) is 0 Å². The molecule has 0 spiro atoms. The summed E-state index contributed by atoms with van der Waals surface area (Å²) < 4.78 is 25.4. The summed E-state index contributed by atoms with van der Waals surface area (Å²) in [6.45, 7) is 6.53. The monoisotopic (exact) mass is 338 g/mol. The van der Waals surface area contributed by atoms with Crippen LogP contribution in [0.3, 0.4) is 0 Å². The molecule has 0 N–H and O–H groups in total. The summed E-state index contributed by atoms with van der Waals surface area (Å²) >= 11 is 0. The van der Waals surface area contributed by atoms with E-state index in [1.165, 1.54) is 4.31 Å². The molecule has 128 valence electrons. The van der Waals surface area contributed by atoms with Gasteiger partial charge in [0.1, 0.15) is 0 Å². The predicted molar refractivity (Wildman–Crippen MR) is 92.8 cm³/mol. The number of carbonyl (C=O) groups is 1. The van der Waals surface area contributed by atoms with Gasteiger partial charge in [0.2, 0.25) is 15.9 Å². The molecule has 1 fully saturated rings.